The van der Waals surface area contributed by atoms with E-state index >= 15 is 0 Å². The number of hydrogen-bond donors (Lipinski definition) is 2. The highest BCUT2D eigenvalue weighted by Gasteiger charge is 2.32. The molecule has 1 aromatic rings. The Kier molecular flexibility index (Phi) is 3.36. The molecule has 1 unspecified atom stereocenters. The van der Waals surface area contributed by atoms with Crippen LogP contribution in [0.5, 0.6) is 0 Å². The predicted molar refractivity (Wildman–Crippen MR) is 65.2 cm³/mol. The standard InChI is InChI=1S/C11H13BrClNO/c12-8-2-3-10(13)9(6-8)11(15)4-1-5-14-7-11/h2-3,6,14-15H,1,4-5,7H2. The van der Waals surface area contributed by atoms with Crippen molar-refractivity contribution in [1.82, 2.24) is 5.32 Å². The van der Waals surface area contributed by atoms with E-state index in [9.17, 15) is 5.11 Å². The quantitative estimate of drug-likeness (QED) is 0.833. The number of hydrogen-bond acceptors (Lipinski definition) is 2. The summed E-state index contributed by atoms with van der Waals surface area (Å²) in [6.07, 6.45) is 1.73. The second-order valence-electron chi connectivity index (χ2n) is 3.94. The molecule has 4 heteroatoms. The smallest absolute Gasteiger partial charge is 0.103 e. The van der Waals surface area contributed by atoms with E-state index in [1.54, 1.807) is 0 Å². The lowest BCUT2D eigenvalue weighted by atomic mass is 9.87. The predicted octanol–water partition coefficient (Wildman–Crippen LogP) is 2.67. The van der Waals surface area contributed by atoms with Crippen molar-refractivity contribution < 1.29 is 5.11 Å². The third-order valence-corrected chi connectivity index (χ3v) is 3.61. The van der Waals surface area contributed by atoms with E-state index in [0.29, 0.717) is 11.6 Å². The number of benzene rings is 1. The average molecular weight is 291 g/mol. The van der Waals surface area contributed by atoms with Gasteiger partial charge in [-0.1, -0.05) is 27.5 Å². The van der Waals surface area contributed by atoms with Crippen LogP contribution in [0.1, 0.15) is 18.4 Å². The zero-order valence-electron chi connectivity index (χ0n) is 8.26. The molecular weight excluding hydrogens is 277 g/mol. The molecular formula is C11H13BrClNO. The second-order valence-corrected chi connectivity index (χ2v) is 5.26. The molecule has 0 spiro atoms. The van der Waals surface area contributed by atoms with Crippen molar-refractivity contribution in [3.05, 3.63) is 33.3 Å². The topological polar surface area (TPSA) is 32.3 Å². The molecule has 2 rings (SSSR count). The molecule has 82 valence electrons. The molecule has 1 heterocycles. The van der Waals surface area contributed by atoms with E-state index < -0.39 is 5.60 Å². The van der Waals surface area contributed by atoms with Crippen LogP contribution in [0.25, 0.3) is 0 Å². The highest BCUT2D eigenvalue weighted by atomic mass is 79.9. The first-order valence-electron chi connectivity index (χ1n) is 5.00. The minimum absolute atomic E-state index is 0.573. The summed E-state index contributed by atoms with van der Waals surface area (Å²) in [5, 5.41) is 14.3. The molecule has 0 saturated carbocycles. The lowest BCUT2D eigenvalue weighted by Gasteiger charge is -2.33. The van der Waals surface area contributed by atoms with Crippen molar-refractivity contribution in [2.45, 2.75) is 18.4 Å². The van der Waals surface area contributed by atoms with Crippen LogP contribution in [0.4, 0.5) is 0 Å². The van der Waals surface area contributed by atoms with Crippen LogP contribution in [0.2, 0.25) is 5.02 Å². The van der Waals surface area contributed by atoms with Crippen molar-refractivity contribution in [3.8, 4) is 0 Å². The molecule has 0 aliphatic carbocycles. The minimum atomic E-state index is -0.820. The highest BCUT2D eigenvalue weighted by molar-refractivity contribution is 9.10. The lowest BCUT2D eigenvalue weighted by Crippen LogP contribution is -2.43. The van der Waals surface area contributed by atoms with Crippen LogP contribution in [-0.2, 0) is 5.60 Å². The molecule has 1 aromatic carbocycles. The molecule has 1 saturated heterocycles. The van der Waals surface area contributed by atoms with E-state index in [4.69, 9.17) is 11.6 Å². The number of nitrogens with one attached hydrogen (secondary N) is 1. The van der Waals surface area contributed by atoms with Gasteiger partial charge in [0, 0.05) is 21.6 Å². The lowest BCUT2D eigenvalue weighted by molar-refractivity contribution is 0.0123. The van der Waals surface area contributed by atoms with Gasteiger partial charge in [0.1, 0.15) is 5.60 Å². The Morgan fingerprint density at radius 3 is 2.93 bits per heavy atom. The highest BCUT2D eigenvalue weighted by Crippen LogP contribution is 2.34. The largest absolute Gasteiger partial charge is 0.384 e. The van der Waals surface area contributed by atoms with Gasteiger partial charge >= 0.3 is 0 Å². The summed E-state index contributed by atoms with van der Waals surface area (Å²) in [4.78, 5) is 0. The van der Waals surface area contributed by atoms with Crippen LogP contribution >= 0.6 is 27.5 Å². The van der Waals surface area contributed by atoms with Crippen molar-refractivity contribution in [2.75, 3.05) is 13.1 Å². The fourth-order valence-corrected chi connectivity index (χ4v) is 2.63. The molecule has 1 atom stereocenters. The van der Waals surface area contributed by atoms with Gasteiger partial charge in [-0.2, -0.15) is 0 Å². The summed E-state index contributed by atoms with van der Waals surface area (Å²) < 4.78 is 0.945. The minimum Gasteiger partial charge on any atom is -0.384 e. The molecule has 2 nitrogen and oxygen atoms in total. The van der Waals surface area contributed by atoms with Gasteiger partial charge in [-0.05, 0) is 37.6 Å². The van der Waals surface area contributed by atoms with Crippen LogP contribution in [0, 0.1) is 0 Å². The summed E-state index contributed by atoms with van der Waals surface area (Å²) in [6.45, 7) is 1.54. The van der Waals surface area contributed by atoms with Crippen LogP contribution in [0.3, 0.4) is 0 Å². The van der Waals surface area contributed by atoms with Gasteiger partial charge < -0.3 is 10.4 Å². The molecule has 0 bridgehead atoms. The van der Waals surface area contributed by atoms with Crippen molar-refractivity contribution in [3.63, 3.8) is 0 Å². The molecule has 1 aliphatic rings. The Bertz CT molecular complexity index is 364. The maximum absolute atomic E-state index is 10.5. The number of β-amino-alcohol motifs (C(OH)–C–C–N with tert-alkyl or cyclic N) is 1. The Morgan fingerprint density at radius 1 is 1.47 bits per heavy atom. The van der Waals surface area contributed by atoms with Crippen molar-refractivity contribution in [1.29, 1.82) is 0 Å². The first-order valence-corrected chi connectivity index (χ1v) is 6.17. The number of rotatable bonds is 1. The van der Waals surface area contributed by atoms with E-state index in [0.717, 1.165) is 29.4 Å². The molecule has 1 fully saturated rings. The van der Waals surface area contributed by atoms with E-state index in [1.165, 1.54) is 0 Å². The molecule has 2 N–H and O–H groups in total. The fraction of sp³-hybridized carbons (Fsp3) is 0.455. The normalized spacial score (nSPS) is 26.6. The Morgan fingerprint density at radius 2 is 2.27 bits per heavy atom. The number of piperidine rings is 1. The maximum atomic E-state index is 10.5. The first kappa shape index (κ1) is 11.4. The summed E-state index contributed by atoms with van der Waals surface area (Å²) in [7, 11) is 0. The van der Waals surface area contributed by atoms with Gasteiger partial charge in [0.25, 0.3) is 0 Å². The van der Waals surface area contributed by atoms with Gasteiger partial charge in [-0.15, -0.1) is 0 Å². The van der Waals surface area contributed by atoms with E-state index in [-0.39, 0.29) is 0 Å². The Hall–Kier alpha value is -0.0900. The van der Waals surface area contributed by atoms with E-state index in [2.05, 4.69) is 21.2 Å². The monoisotopic (exact) mass is 289 g/mol. The van der Waals surface area contributed by atoms with Gasteiger partial charge in [0.15, 0.2) is 0 Å². The van der Waals surface area contributed by atoms with Gasteiger partial charge in [-0.3, -0.25) is 0 Å². The van der Waals surface area contributed by atoms with Crippen molar-refractivity contribution >= 4 is 27.5 Å². The number of halogens is 2. The Balaban J connectivity index is 2.38. The van der Waals surface area contributed by atoms with Gasteiger partial charge in [0.2, 0.25) is 0 Å². The van der Waals surface area contributed by atoms with E-state index in [1.807, 2.05) is 18.2 Å². The summed E-state index contributed by atoms with van der Waals surface area (Å²) in [5.41, 5.74) is -0.00945. The SMILES string of the molecule is OC1(c2cc(Br)ccc2Cl)CCCNC1. The zero-order valence-corrected chi connectivity index (χ0v) is 10.6. The number of aliphatic hydroxyl groups is 1. The fourth-order valence-electron chi connectivity index (χ4n) is 1.97. The summed E-state index contributed by atoms with van der Waals surface area (Å²) >= 11 is 9.51. The van der Waals surface area contributed by atoms with Crippen LogP contribution in [-0.4, -0.2) is 18.2 Å². The zero-order chi connectivity index (χ0) is 10.9. The third-order valence-electron chi connectivity index (χ3n) is 2.79. The van der Waals surface area contributed by atoms with Crippen LogP contribution in [0.15, 0.2) is 22.7 Å². The Labute approximate surface area is 103 Å². The first-order chi connectivity index (χ1) is 7.12. The van der Waals surface area contributed by atoms with Crippen molar-refractivity contribution in [2.24, 2.45) is 0 Å². The molecule has 15 heavy (non-hydrogen) atoms. The molecule has 0 aromatic heterocycles. The summed E-state index contributed by atoms with van der Waals surface area (Å²) in [6, 6.07) is 5.59. The summed E-state index contributed by atoms with van der Waals surface area (Å²) in [5.74, 6) is 0. The third kappa shape index (κ3) is 2.36. The average Bonchev–Trinajstić information content (AvgIpc) is 2.23. The molecule has 0 amide bonds. The van der Waals surface area contributed by atoms with Gasteiger partial charge in [-0.25, -0.2) is 0 Å². The maximum Gasteiger partial charge on any atom is 0.103 e. The van der Waals surface area contributed by atoms with Gasteiger partial charge in [0.05, 0.1) is 0 Å². The van der Waals surface area contributed by atoms with Crippen LogP contribution < -0.4 is 5.32 Å². The second kappa shape index (κ2) is 4.42. The molecule has 0 radical (unpaired) electrons. The molecule has 1 aliphatic heterocycles.